The van der Waals surface area contributed by atoms with Crippen molar-refractivity contribution in [2.24, 2.45) is 0 Å². The molecule has 5 nitrogen and oxygen atoms in total. The second kappa shape index (κ2) is 7.31. The van der Waals surface area contributed by atoms with Gasteiger partial charge in [0.05, 0.1) is 25.4 Å². The lowest BCUT2D eigenvalue weighted by atomic mass is 10.1. The topological polar surface area (TPSA) is 61.8 Å². The van der Waals surface area contributed by atoms with Crippen LogP contribution in [0.1, 0.15) is 13.3 Å². The maximum atomic E-state index is 12.4. The van der Waals surface area contributed by atoms with E-state index in [1.165, 1.54) is 0 Å². The van der Waals surface area contributed by atoms with Crippen LogP contribution >= 0.6 is 23.2 Å². The molecule has 2 rings (SSSR count). The van der Waals surface area contributed by atoms with E-state index in [1.54, 1.807) is 30.0 Å². The predicted octanol–water partition coefficient (Wildman–Crippen LogP) is 3.00. The molecule has 0 bridgehead atoms. The van der Waals surface area contributed by atoms with Crippen LogP contribution in [-0.4, -0.2) is 47.9 Å². The first-order chi connectivity index (χ1) is 9.95. The number of hydrogen-bond acceptors (Lipinski definition) is 3. The number of hydrogen-bond donors (Lipinski definition) is 2. The van der Waals surface area contributed by atoms with Gasteiger partial charge in [0.2, 0.25) is 0 Å². The van der Waals surface area contributed by atoms with Gasteiger partial charge in [0, 0.05) is 22.3 Å². The minimum Gasteiger partial charge on any atom is -0.393 e. The molecule has 2 N–H and O–H groups in total. The summed E-state index contributed by atoms with van der Waals surface area (Å²) in [4.78, 5) is 14.0. The van der Waals surface area contributed by atoms with Crippen molar-refractivity contribution >= 4 is 34.9 Å². The number of halogens is 2. The summed E-state index contributed by atoms with van der Waals surface area (Å²) < 4.78 is 5.38. The fraction of sp³-hybridized carbons (Fsp3) is 0.500. The fourth-order valence-corrected chi connectivity index (χ4v) is 2.86. The van der Waals surface area contributed by atoms with Crippen LogP contribution in [0.15, 0.2) is 18.2 Å². The molecule has 0 aromatic heterocycles. The van der Waals surface area contributed by atoms with Gasteiger partial charge in [-0.05, 0) is 31.5 Å². The van der Waals surface area contributed by atoms with Gasteiger partial charge in [0.15, 0.2) is 0 Å². The number of aliphatic hydroxyl groups is 1. The average molecular weight is 333 g/mol. The van der Waals surface area contributed by atoms with Crippen molar-refractivity contribution in [2.45, 2.75) is 25.5 Å². The lowest BCUT2D eigenvalue weighted by Crippen LogP contribution is -2.51. The number of urea groups is 1. The summed E-state index contributed by atoms with van der Waals surface area (Å²) in [6, 6.07) is 4.48. The first kappa shape index (κ1) is 16.4. The summed E-state index contributed by atoms with van der Waals surface area (Å²) >= 11 is 11.8. The molecule has 1 aromatic carbocycles. The zero-order chi connectivity index (χ0) is 15.4. The quantitative estimate of drug-likeness (QED) is 0.894. The second-order valence-corrected chi connectivity index (χ2v) is 5.97. The largest absolute Gasteiger partial charge is 0.393 e. The number of anilines is 1. The Morgan fingerprint density at radius 2 is 2.14 bits per heavy atom. The Kier molecular flexibility index (Phi) is 5.70. The molecule has 1 aliphatic heterocycles. The van der Waals surface area contributed by atoms with Crippen LogP contribution in [0.4, 0.5) is 10.5 Å². The number of aliphatic hydroxyl groups excluding tert-OH is 1. The maximum Gasteiger partial charge on any atom is 0.322 e. The number of carbonyl (C=O) groups excluding carboxylic acids is 1. The van der Waals surface area contributed by atoms with Gasteiger partial charge in [0.25, 0.3) is 0 Å². The number of morpholine rings is 1. The van der Waals surface area contributed by atoms with Crippen LogP contribution in [0.25, 0.3) is 0 Å². The summed E-state index contributed by atoms with van der Waals surface area (Å²) in [5, 5.41) is 13.2. The van der Waals surface area contributed by atoms with Crippen LogP contribution in [0.3, 0.4) is 0 Å². The maximum absolute atomic E-state index is 12.4. The molecule has 1 saturated heterocycles. The van der Waals surface area contributed by atoms with Crippen molar-refractivity contribution in [3.8, 4) is 0 Å². The summed E-state index contributed by atoms with van der Waals surface area (Å²) in [6.07, 6.45) is -0.0170. The highest BCUT2D eigenvalue weighted by molar-refractivity contribution is 6.35. The summed E-state index contributed by atoms with van der Waals surface area (Å²) in [5.41, 5.74) is 0.541. The molecule has 2 amide bonds. The Labute approximate surface area is 133 Å². The van der Waals surface area contributed by atoms with E-state index in [-0.39, 0.29) is 12.1 Å². The van der Waals surface area contributed by atoms with Crippen LogP contribution < -0.4 is 5.32 Å². The van der Waals surface area contributed by atoms with Crippen molar-refractivity contribution in [3.63, 3.8) is 0 Å². The van der Waals surface area contributed by atoms with Gasteiger partial charge in [-0.1, -0.05) is 23.2 Å². The van der Waals surface area contributed by atoms with Crippen LogP contribution in [-0.2, 0) is 4.74 Å². The van der Waals surface area contributed by atoms with Gasteiger partial charge in [0.1, 0.15) is 0 Å². The Hall–Kier alpha value is -1.01. The second-order valence-electron chi connectivity index (χ2n) is 5.10. The molecule has 7 heteroatoms. The molecule has 2 unspecified atom stereocenters. The molecule has 0 spiro atoms. The predicted molar refractivity (Wildman–Crippen MR) is 83.1 cm³/mol. The lowest BCUT2D eigenvalue weighted by molar-refractivity contribution is -0.00160. The minimum absolute atomic E-state index is 0.145. The molecule has 1 heterocycles. The highest BCUT2D eigenvalue weighted by Gasteiger charge is 2.28. The Balaban J connectivity index is 2.06. The van der Waals surface area contributed by atoms with Crippen LogP contribution in [0.2, 0.25) is 10.0 Å². The summed E-state index contributed by atoms with van der Waals surface area (Å²) in [5.74, 6) is 0. The molecular weight excluding hydrogens is 315 g/mol. The summed E-state index contributed by atoms with van der Waals surface area (Å²) in [6.45, 7) is 3.09. The smallest absolute Gasteiger partial charge is 0.322 e. The molecule has 1 aromatic rings. The first-order valence-corrected chi connectivity index (χ1v) is 7.51. The average Bonchev–Trinajstić information content (AvgIpc) is 2.37. The zero-order valence-electron chi connectivity index (χ0n) is 11.7. The van der Waals surface area contributed by atoms with Crippen molar-refractivity contribution in [1.29, 1.82) is 0 Å². The SMILES string of the molecule is CC(O)CC1COCCN1C(=O)Nc1cc(Cl)cc(Cl)c1. The molecule has 21 heavy (non-hydrogen) atoms. The van der Waals surface area contributed by atoms with Crippen molar-refractivity contribution in [1.82, 2.24) is 4.90 Å². The van der Waals surface area contributed by atoms with E-state index in [2.05, 4.69) is 5.32 Å². The van der Waals surface area contributed by atoms with Crippen LogP contribution in [0.5, 0.6) is 0 Å². The highest BCUT2D eigenvalue weighted by atomic mass is 35.5. The summed E-state index contributed by atoms with van der Waals surface area (Å²) in [7, 11) is 0. The first-order valence-electron chi connectivity index (χ1n) is 6.75. The third kappa shape index (κ3) is 4.74. The van der Waals surface area contributed by atoms with E-state index in [4.69, 9.17) is 27.9 Å². The van der Waals surface area contributed by atoms with Gasteiger partial charge in [-0.2, -0.15) is 0 Å². The van der Waals surface area contributed by atoms with Gasteiger partial charge in [-0.25, -0.2) is 4.79 Å². The third-order valence-electron chi connectivity index (χ3n) is 3.22. The molecule has 0 saturated carbocycles. The molecule has 1 aliphatic rings. The van der Waals surface area contributed by atoms with Crippen molar-refractivity contribution in [3.05, 3.63) is 28.2 Å². The number of amides is 2. The molecular formula is C14H18Cl2N2O3. The molecule has 0 aliphatic carbocycles. The van der Waals surface area contributed by atoms with Gasteiger partial charge < -0.3 is 20.1 Å². The number of nitrogens with one attached hydrogen (secondary N) is 1. The number of benzene rings is 1. The molecule has 116 valence electrons. The lowest BCUT2D eigenvalue weighted by Gasteiger charge is -2.36. The standard InChI is InChI=1S/C14H18Cl2N2O3/c1-9(19)4-13-8-21-3-2-18(13)14(20)17-12-6-10(15)5-11(16)7-12/h5-7,9,13,19H,2-4,8H2,1H3,(H,17,20). The Morgan fingerprint density at radius 1 is 1.48 bits per heavy atom. The number of carbonyl (C=O) groups is 1. The highest BCUT2D eigenvalue weighted by Crippen LogP contribution is 2.23. The van der Waals surface area contributed by atoms with Gasteiger partial charge in [-0.3, -0.25) is 0 Å². The Bertz CT molecular complexity index is 491. The van der Waals surface area contributed by atoms with E-state index < -0.39 is 6.10 Å². The fourth-order valence-electron chi connectivity index (χ4n) is 2.33. The zero-order valence-corrected chi connectivity index (χ0v) is 13.2. The molecule has 0 radical (unpaired) electrons. The third-order valence-corrected chi connectivity index (χ3v) is 3.65. The van der Waals surface area contributed by atoms with E-state index in [0.717, 1.165) is 0 Å². The number of ether oxygens (including phenoxy) is 1. The Morgan fingerprint density at radius 3 is 2.76 bits per heavy atom. The van der Waals surface area contributed by atoms with E-state index in [0.29, 0.717) is 41.9 Å². The number of nitrogens with zero attached hydrogens (tertiary/aromatic N) is 1. The van der Waals surface area contributed by atoms with Gasteiger partial charge in [-0.15, -0.1) is 0 Å². The number of rotatable bonds is 3. The van der Waals surface area contributed by atoms with Crippen LogP contribution in [0, 0.1) is 0 Å². The van der Waals surface area contributed by atoms with E-state index >= 15 is 0 Å². The monoisotopic (exact) mass is 332 g/mol. The minimum atomic E-state index is -0.493. The van der Waals surface area contributed by atoms with E-state index in [1.807, 2.05) is 0 Å². The van der Waals surface area contributed by atoms with Crippen molar-refractivity contribution in [2.75, 3.05) is 25.1 Å². The van der Waals surface area contributed by atoms with Crippen molar-refractivity contribution < 1.29 is 14.6 Å². The van der Waals surface area contributed by atoms with Gasteiger partial charge >= 0.3 is 6.03 Å². The molecule has 1 fully saturated rings. The molecule has 2 atom stereocenters. The normalized spacial score (nSPS) is 20.2. The van der Waals surface area contributed by atoms with E-state index in [9.17, 15) is 9.90 Å².